The number of aliphatic imine (C=N–C) groups is 1. The van der Waals surface area contributed by atoms with Gasteiger partial charge in [-0.05, 0) is 17.0 Å². The number of benzene rings is 2. The molecule has 156 valence electrons. The number of rotatable bonds is 8. The van der Waals surface area contributed by atoms with Crippen LogP contribution in [-0.2, 0) is 4.74 Å². The van der Waals surface area contributed by atoms with Crippen LogP contribution in [0.2, 0.25) is 0 Å². The quantitative estimate of drug-likeness (QED) is 0.534. The number of nitrogens with zero attached hydrogens (tertiary/aromatic N) is 2. The zero-order valence-corrected chi connectivity index (χ0v) is 17.7. The Morgan fingerprint density at radius 2 is 1.48 bits per heavy atom. The van der Waals surface area contributed by atoms with Gasteiger partial charge in [-0.15, -0.1) is 0 Å². The molecule has 0 amide bonds. The molecule has 3 rings (SSSR count). The first kappa shape index (κ1) is 21.3. The zero-order valence-electron chi connectivity index (χ0n) is 17.7. The highest BCUT2D eigenvalue weighted by molar-refractivity contribution is 5.79. The number of hydrogen-bond donors (Lipinski definition) is 2. The Morgan fingerprint density at radius 1 is 0.931 bits per heavy atom. The van der Waals surface area contributed by atoms with Crippen molar-refractivity contribution in [3.8, 4) is 0 Å². The predicted molar refractivity (Wildman–Crippen MR) is 121 cm³/mol. The van der Waals surface area contributed by atoms with Crippen LogP contribution in [0.1, 0.15) is 24.0 Å². The average molecular weight is 395 g/mol. The van der Waals surface area contributed by atoms with Crippen LogP contribution in [0.5, 0.6) is 0 Å². The Hall–Kier alpha value is -2.37. The summed E-state index contributed by atoms with van der Waals surface area (Å²) in [6.07, 6.45) is 0. The van der Waals surface area contributed by atoms with E-state index >= 15 is 0 Å². The van der Waals surface area contributed by atoms with Gasteiger partial charge in [-0.3, -0.25) is 9.89 Å². The van der Waals surface area contributed by atoms with E-state index < -0.39 is 0 Å². The molecule has 0 saturated carbocycles. The molecule has 1 atom stereocenters. The highest BCUT2D eigenvalue weighted by atomic mass is 16.5. The van der Waals surface area contributed by atoms with Crippen molar-refractivity contribution in [2.75, 3.05) is 53.0 Å². The third kappa shape index (κ3) is 6.87. The maximum absolute atomic E-state index is 5.44. The highest BCUT2D eigenvalue weighted by Gasteiger charge is 2.16. The van der Waals surface area contributed by atoms with Crippen molar-refractivity contribution < 1.29 is 4.74 Å². The molecule has 1 fully saturated rings. The van der Waals surface area contributed by atoms with Crippen LogP contribution in [0.25, 0.3) is 0 Å². The molecule has 5 nitrogen and oxygen atoms in total. The number of ether oxygens (including phenoxy) is 1. The van der Waals surface area contributed by atoms with Gasteiger partial charge < -0.3 is 15.4 Å². The van der Waals surface area contributed by atoms with E-state index in [1.807, 2.05) is 7.05 Å². The molecule has 2 aromatic rings. The van der Waals surface area contributed by atoms with Crippen molar-refractivity contribution in [3.63, 3.8) is 0 Å². The van der Waals surface area contributed by atoms with Gasteiger partial charge in [0, 0.05) is 45.7 Å². The Morgan fingerprint density at radius 3 is 2.03 bits per heavy atom. The van der Waals surface area contributed by atoms with Crippen LogP contribution < -0.4 is 10.6 Å². The SMILES string of the molecule is CN=C(NCC(C)CN1CCOCC1)NCC(c1ccccc1)c1ccccc1. The lowest BCUT2D eigenvalue weighted by molar-refractivity contribution is 0.0320. The number of morpholine rings is 1. The van der Waals surface area contributed by atoms with E-state index in [1.54, 1.807) is 0 Å². The molecule has 2 aromatic carbocycles. The van der Waals surface area contributed by atoms with Gasteiger partial charge in [-0.1, -0.05) is 67.6 Å². The fourth-order valence-corrected chi connectivity index (χ4v) is 3.78. The summed E-state index contributed by atoms with van der Waals surface area (Å²) in [7, 11) is 1.84. The Bertz CT molecular complexity index is 690. The molecule has 0 bridgehead atoms. The lowest BCUT2D eigenvalue weighted by Crippen LogP contribution is -2.44. The van der Waals surface area contributed by atoms with Gasteiger partial charge in [0.2, 0.25) is 0 Å². The standard InChI is InChI=1S/C24H34N4O/c1-20(19-28-13-15-29-16-14-28)17-26-24(25-2)27-18-23(21-9-5-3-6-10-21)22-11-7-4-8-12-22/h3-12,20,23H,13-19H2,1-2H3,(H2,25,26,27). The summed E-state index contributed by atoms with van der Waals surface area (Å²) in [6, 6.07) is 21.3. The van der Waals surface area contributed by atoms with E-state index in [0.29, 0.717) is 5.92 Å². The van der Waals surface area contributed by atoms with E-state index in [1.165, 1.54) is 11.1 Å². The minimum Gasteiger partial charge on any atom is -0.379 e. The number of nitrogens with one attached hydrogen (secondary N) is 2. The normalized spacial score (nSPS) is 16.6. The summed E-state index contributed by atoms with van der Waals surface area (Å²) in [5.41, 5.74) is 2.62. The first-order valence-corrected chi connectivity index (χ1v) is 10.6. The highest BCUT2D eigenvalue weighted by Crippen LogP contribution is 2.23. The summed E-state index contributed by atoms with van der Waals surface area (Å²) >= 11 is 0. The van der Waals surface area contributed by atoms with E-state index in [2.05, 4.69) is 88.1 Å². The fourth-order valence-electron chi connectivity index (χ4n) is 3.78. The Kier molecular flexibility index (Phi) is 8.53. The molecule has 1 saturated heterocycles. The molecule has 1 aliphatic rings. The second kappa shape index (κ2) is 11.6. The number of hydrogen-bond acceptors (Lipinski definition) is 3. The zero-order chi connectivity index (χ0) is 20.3. The number of guanidine groups is 1. The largest absolute Gasteiger partial charge is 0.379 e. The molecule has 0 aliphatic carbocycles. The van der Waals surface area contributed by atoms with Crippen LogP contribution in [0.3, 0.4) is 0 Å². The van der Waals surface area contributed by atoms with Gasteiger partial charge in [0.25, 0.3) is 0 Å². The van der Waals surface area contributed by atoms with Gasteiger partial charge in [-0.2, -0.15) is 0 Å². The summed E-state index contributed by atoms with van der Waals surface area (Å²) in [5.74, 6) is 1.68. The smallest absolute Gasteiger partial charge is 0.191 e. The maximum atomic E-state index is 5.44. The monoisotopic (exact) mass is 394 g/mol. The molecule has 0 spiro atoms. The van der Waals surface area contributed by atoms with Crippen molar-refractivity contribution in [1.82, 2.24) is 15.5 Å². The molecule has 29 heavy (non-hydrogen) atoms. The lowest BCUT2D eigenvalue weighted by Gasteiger charge is -2.29. The van der Waals surface area contributed by atoms with Crippen LogP contribution in [-0.4, -0.2) is 63.8 Å². The van der Waals surface area contributed by atoms with Crippen molar-refractivity contribution in [3.05, 3.63) is 71.8 Å². The average Bonchev–Trinajstić information content (AvgIpc) is 2.78. The van der Waals surface area contributed by atoms with Gasteiger partial charge >= 0.3 is 0 Å². The van der Waals surface area contributed by atoms with Crippen LogP contribution in [0.15, 0.2) is 65.7 Å². The van der Waals surface area contributed by atoms with E-state index in [9.17, 15) is 0 Å². The molecule has 0 radical (unpaired) electrons. The molecule has 1 aliphatic heterocycles. The summed E-state index contributed by atoms with van der Waals surface area (Å²) in [6.45, 7) is 8.84. The molecule has 0 aromatic heterocycles. The third-order valence-electron chi connectivity index (χ3n) is 5.39. The second-order valence-electron chi connectivity index (χ2n) is 7.73. The molecule has 2 N–H and O–H groups in total. The predicted octanol–water partition coefficient (Wildman–Crippen LogP) is 2.95. The minimum absolute atomic E-state index is 0.279. The lowest BCUT2D eigenvalue weighted by atomic mass is 9.91. The minimum atomic E-state index is 0.279. The third-order valence-corrected chi connectivity index (χ3v) is 5.39. The van der Waals surface area contributed by atoms with E-state index in [-0.39, 0.29) is 5.92 Å². The first-order chi connectivity index (χ1) is 14.3. The van der Waals surface area contributed by atoms with E-state index in [4.69, 9.17) is 4.74 Å². The fraction of sp³-hybridized carbons (Fsp3) is 0.458. The molecule has 5 heteroatoms. The molecule has 1 heterocycles. The molecular weight excluding hydrogens is 360 g/mol. The Labute approximate surface area is 175 Å². The van der Waals surface area contributed by atoms with Crippen molar-refractivity contribution in [2.45, 2.75) is 12.8 Å². The van der Waals surface area contributed by atoms with Crippen LogP contribution >= 0.6 is 0 Å². The Balaban J connectivity index is 1.53. The topological polar surface area (TPSA) is 48.9 Å². The molecule has 1 unspecified atom stereocenters. The van der Waals surface area contributed by atoms with Crippen molar-refractivity contribution in [1.29, 1.82) is 0 Å². The van der Waals surface area contributed by atoms with Crippen molar-refractivity contribution >= 4 is 5.96 Å². The summed E-state index contributed by atoms with van der Waals surface area (Å²) in [4.78, 5) is 6.91. The van der Waals surface area contributed by atoms with Gasteiger partial charge in [0.05, 0.1) is 13.2 Å². The van der Waals surface area contributed by atoms with Gasteiger partial charge in [0.15, 0.2) is 5.96 Å². The summed E-state index contributed by atoms with van der Waals surface area (Å²) < 4.78 is 5.44. The maximum Gasteiger partial charge on any atom is 0.191 e. The van der Waals surface area contributed by atoms with Crippen LogP contribution in [0, 0.1) is 5.92 Å². The van der Waals surface area contributed by atoms with Gasteiger partial charge in [0.1, 0.15) is 0 Å². The summed E-state index contributed by atoms with van der Waals surface area (Å²) in [5, 5.41) is 7.03. The van der Waals surface area contributed by atoms with E-state index in [0.717, 1.165) is 51.9 Å². The van der Waals surface area contributed by atoms with Crippen molar-refractivity contribution in [2.24, 2.45) is 10.9 Å². The van der Waals surface area contributed by atoms with Crippen LogP contribution in [0.4, 0.5) is 0 Å². The van der Waals surface area contributed by atoms with Gasteiger partial charge in [-0.25, -0.2) is 0 Å². The first-order valence-electron chi connectivity index (χ1n) is 10.6. The molecular formula is C24H34N4O. The second-order valence-corrected chi connectivity index (χ2v) is 7.73.